The lowest BCUT2D eigenvalue weighted by molar-refractivity contribution is 0.293. The van der Waals surface area contributed by atoms with E-state index >= 15 is 0 Å². The highest BCUT2D eigenvalue weighted by Gasteiger charge is 2.17. The molecule has 6 nitrogen and oxygen atoms in total. The van der Waals surface area contributed by atoms with Crippen molar-refractivity contribution < 1.29 is 13.7 Å². The smallest absolute Gasteiger partial charge is 0.290 e. The van der Waals surface area contributed by atoms with Gasteiger partial charge in [0.2, 0.25) is 0 Å². The number of fused-ring (bicyclic) bond motifs is 2. The molecule has 37 heavy (non-hydrogen) atoms. The SMILES string of the molecule is CCn1oc2cc(-c3c(C)nc4c(OCc5ccc(-c6ccc(F)cc6)cc5)cccn34)ccc2c1=O. The highest BCUT2D eigenvalue weighted by Crippen LogP contribution is 2.31. The lowest BCUT2D eigenvalue weighted by atomic mass is 10.0. The number of ether oxygens (including phenoxy) is 1. The van der Waals surface area contributed by atoms with Gasteiger partial charge in [-0.15, -0.1) is 0 Å². The van der Waals surface area contributed by atoms with E-state index in [2.05, 4.69) is 0 Å². The quantitative estimate of drug-likeness (QED) is 0.262. The highest BCUT2D eigenvalue weighted by atomic mass is 19.1. The van der Waals surface area contributed by atoms with Gasteiger partial charge in [0.25, 0.3) is 5.56 Å². The van der Waals surface area contributed by atoms with E-state index in [1.54, 1.807) is 18.2 Å². The second kappa shape index (κ2) is 9.09. The average molecular weight is 494 g/mol. The van der Waals surface area contributed by atoms with Crippen LogP contribution in [0.1, 0.15) is 18.2 Å². The molecule has 6 rings (SSSR count). The first-order valence-corrected chi connectivity index (χ1v) is 12.1. The number of imidazole rings is 1. The van der Waals surface area contributed by atoms with Gasteiger partial charge in [-0.25, -0.2) is 9.37 Å². The number of hydrogen-bond acceptors (Lipinski definition) is 4. The zero-order valence-corrected chi connectivity index (χ0v) is 20.4. The van der Waals surface area contributed by atoms with Gasteiger partial charge in [-0.1, -0.05) is 42.5 Å². The summed E-state index contributed by atoms with van der Waals surface area (Å²) in [4.78, 5) is 17.2. The second-order valence-corrected chi connectivity index (χ2v) is 8.91. The van der Waals surface area contributed by atoms with Crippen molar-refractivity contribution in [2.45, 2.75) is 27.0 Å². The zero-order chi connectivity index (χ0) is 25.5. The molecule has 0 bridgehead atoms. The van der Waals surface area contributed by atoms with E-state index in [4.69, 9.17) is 14.2 Å². The summed E-state index contributed by atoms with van der Waals surface area (Å²) in [6, 6.07) is 23.9. The van der Waals surface area contributed by atoms with Crippen molar-refractivity contribution in [3.8, 4) is 28.1 Å². The standard InChI is InChI=1S/C30H24FN3O3/c1-3-34-30(35)25-15-12-23(17-27(25)37-34)28-19(2)32-29-26(5-4-16-33(28)29)36-18-20-6-8-21(9-7-20)22-10-13-24(31)14-11-22/h4-17H,3,18H2,1-2H3. The topological polar surface area (TPSA) is 61.7 Å². The Kier molecular flexibility index (Phi) is 5.60. The Labute approximate surface area is 212 Å². The van der Waals surface area contributed by atoms with E-state index in [0.29, 0.717) is 35.5 Å². The van der Waals surface area contributed by atoms with Crippen LogP contribution >= 0.6 is 0 Å². The van der Waals surface area contributed by atoms with Gasteiger partial charge in [-0.2, -0.15) is 4.74 Å². The fourth-order valence-electron chi connectivity index (χ4n) is 4.64. The predicted molar refractivity (Wildman–Crippen MR) is 141 cm³/mol. The maximum absolute atomic E-state index is 13.2. The molecule has 0 saturated heterocycles. The van der Waals surface area contributed by atoms with Crippen LogP contribution in [0, 0.1) is 12.7 Å². The fourth-order valence-corrected chi connectivity index (χ4v) is 4.64. The number of aryl methyl sites for hydroxylation is 2. The lowest BCUT2D eigenvalue weighted by Gasteiger charge is -2.09. The average Bonchev–Trinajstić information content (AvgIpc) is 3.43. The van der Waals surface area contributed by atoms with Crippen molar-refractivity contribution in [3.63, 3.8) is 0 Å². The van der Waals surface area contributed by atoms with E-state index in [1.807, 2.05) is 73.0 Å². The van der Waals surface area contributed by atoms with Crippen LogP contribution in [0.4, 0.5) is 4.39 Å². The Morgan fingerprint density at radius 2 is 1.65 bits per heavy atom. The maximum Gasteiger partial charge on any atom is 0.290 e. The molecular weight excluding hydrogens is 469 g/mol. The number of aromatic nitrogens is 3. The molecule has 0 spiro atoms. The first-order valence-electron chi connectivity index (χ1n) is 12.1. The Morgan fingerprint density at radius 1 is 0.946 bits per heavy atom. The molecule has 3 aromatic heterocycles. The summed E-state index contributed by atoms with van der Waals surface area (Å²) in [5.74, 6) is 0.423. The van der Waals surface area contributed by atoms with Crippen molar-refractivity contribution in [2.24, 2.45) is 0 Å². The van der Waals surface area contributed by atoms with Crippen LogP contribution in [0.3, 0.4) is 0 Å². The molecule has 184 valence electrons. The van der Waals surface area contributed by atoms with Gasteiger partial charge in [-0.3, -0.25) is 9.20 Å². The van der Waals surface area contributed by atoms with E-state index < -0.39 is 0 Å². The largest absolute Gasteiger partial charge is 0.485 e. The monoisotopic (exact) mass is 493 g/mol. The van der Waals surface area contributed by atoms with Crippen LogP contribution in [0.5, 0.6) is 5.75 Å². The Morgan fingerprint density at radius 3 is 2.38 bits per heavy atom. The molecule has 0 aliphatic rings. The molecule has 3 heterocycles. The molecule has 0 aliphatic heterocycles. The van der Waals surface area contributed by atoms with Gasteiger partial charge in [-0.05, 0) is 66.9 Å². The van der Waals surface area contributed by atoms with Gasteiger partial charge in [0.1, 0.15) is 12.4 Å². The molecule has 0 unspecified atom stereocenters. The second-order valence-electron chi connectivity index (χ2n) is 8.91. The van der Waals surface area contributed by atoms with Gasteiger partial charge >= 0.3 is 0 Å². The maximum atomic E-state index is 13.2. The van der Waals surface area contributed by atoms with Crippen LogP contribution in [0.25, 0.3) is 39.0 Å². The molecule has 0 fully saturated rings. The first-order chi connectivity index (χ1) is 18.0. The van der Waals surface area contributed by atoms with Crippen LogP contribution in [-0.4, -0.2) is 14.1 Å². The highest BCUT2D eigenvalue weighted by molar-refractivity contribution is 5.83. The Bertz CT molecular complexity index is 1800. The molecular formula is C30H24FN3O3. The van der Waals surface area contributed by atoms with Crippen molar-refractivity contribution in [1.29, 1.82) is 0 Å². The number of rotatable bonds is 6. The summed E-state index contributed by atoms with van der Waals surface area (Å²) in [6.45, 7) is 4.69. The van der Waals surface area contributed by atoms with E-state index in [-0.39, 0.29) is 11.4 Å². The molecule has 6 aromatic rings. The molecule has 0 amide bonds. The molecule has 3 aromatic carbocycles. The normalized spacial score (nSPS) is 11.4. The third-order valence-corrected chi connectivity index (χ3v) is 6.52. The summed E-state index contributed by atoms with van der Waals surface area (Å²) in [5, 5.41) is 0.562. The molecule has 0 radical (unpaired) electrons. The lowest BCUT2D eigenvalue weighted by Crippen LogP contribution is -2.12. The molecule has 0 atom stereocenters. The predicted octanol–water partition coefficient (Wildman–Crippen LogP) is 6.62. The summed E-state index contributed by atoms with van der Waals surface area (Å²) in [6.07, 6.45) is 1.95. The Hall–Kier alpha value is -4.65. The van der Waals surface area contributed by atoms with Crippen molar-refractivity contribution in [1.82, 2.24) is 14.1 Å². The molecule has 0 aliphatic carbocycles. The van der Waals surface area contributed by atoms with Gasteiger partial charge in [0, 0.05) is 11.8 Å². The third kappa shape index (κ3) is 4.08. The van der Waals surface area contributed by atoms with Gasteiger partial charge < -0.3 is 9.26 Å². The van der Waals surface area contributed by atoms with Crippen molar-refractivity contribution in [3.05, 3.63) is 112 Å². The number of benzene rings is 3. The number of halogens is 1. The molecule has 7 heteroatoms. The number of nitrogens with zero attached hydrogens (tertiary/aromatic N) is 3. The van der Waals surface area contributed by atoms with Crippen LogP contribution in [0.2, 0.25) is 0 Å². The first kappa shape index (κ1) is 22.8. The van der Waals surface area contributed by atoms with E-state index in [1.165, 1.54) is 16.9 Å². The summed E-state index contributed by atoms with van der Waals surface area (Å²) < 4.78 is 28.5. The number of hydrogen-bond donors (Lipinski definition) is 0. The van der Waals surface area contributed by atoms with Crippen molar-refractivity contribution in [2.75, 3.05) is 0 Å². The third-order valence-electron chi connectivity index (χ3n) is 6.52. The minimum Gasteiger partial charge on any atom is -0.485 e. The molecule has 0 saturated carbocycles. The zero-order valence-electron chi connectivity index (χ0n) is 20.4. The minimum absolute atomic E-state index is 0.125. The van der Waals surface area contributed by atoms with Crippen molar-refractivity contribution >= 4 is 16.6 Å². The van der Waals surface area contributed by atoms with Gasteiger partial charge in [0.15, 0.2) is 17.0 Å². The summed E-state index contributed by atoms with van der Waals surface area (Å²) in [5.41, 5.74) is 6.79. The number of pyridine rings is 1. The van der Waals surface area contributed by atoms with Gasteiger partial charge in [0.05, 0.1) is 23.3 Å². The van der Waals surface area contributed by atoms with Crippen LogP contribution < -0.4 is 10.3 Å². The van der Waals surface area contributed by atoms with E-state index in [9.17, 15) is 9.18 Å². The van der Waals surface area contributed by atoms with Crippen LogP contribution in [0.15, 0.2) is 94.4 Å². The van der Waals surface area contributed by atoms with E-state index in [0.717, 1.165) is 33.6 Å². The summed E-state index contributed by atoms with van der Waals surface area (Å²) in [7, 11) is 0. The fraction of sp³-hybridized carbons (Fsp3) is 0.133. The minimum atomic E-state index is -0.247. The summed E-state index contributed by atoms with van der Waals surface area (Å²) >= 11 is 0. The Balaban J connectivity index is 1.28. The molecule has 0 N–H and O–H groups in total. The van der Waals surface area contributed by atoms with Crippen LogP contribution in [-0.2, 0) is 13.2 Å².